The first-order chi connectivity index (χ1) is 8.58. The first kappa shape index (κ1) is 13.5. The zero-order valence-electron chi connectivity index (χ0n) is 9.71. The third-order valence-corrected chi connectivity index (χ3v) is 4.00. The molecule has 0 atom stereocenters. The van der Waals surface area contributed by atoms with Crippen LogP contribution in [0.1, 0.15) is 15.9 Å². The summed E-state index contributed by atoms with van der Waals surface area (Å²) in [6, 6.07) is 13.4. The molecule has 2 nitrogen and oxygen atoms in total. The molecule has 0 saturated heterocycles. The minimum absolute atomic E-state index is 0.0853. The maximum absolute atomic E-state index is 12.2. The summed E-state index contributed by atoms with van der Waals surface area (Å²) in [5, 5.41) is 2.93. The summed E-state index contributed by atoms with van der Waals surface area (Å²) in [5.41, 5.74) is 2.48. The Bertz CT molecular complexity index is 598. The van der Waals surface area contributed by atoms with E-state index in [0.29, 0.717) is 5.56 Å². The van der Waals surface area contributed by atoms with Crippen LogP contribution in [0, 0.1) is 10.5 Å². The molecule has 0 saturated carbocycles. The van der Waals surface area contributed by atoms with E-state index in [0.717, 1.165) is 19.3 Å². The van der Waals surface area contributed by atoms with Gasteiger partial charge in [-0.15, -0.1) is 0 Å². The summed E-state index contributed by atoms with van der Waals surface area (Å²) in [7, 11) is 0. The van der Waals surface area contributed by atoms with Gasteiger partial charge in [0.1, 0.15) is 0 Å². The number of hydrogen-bond acceptors (Lipinski definition) is 1. The van der Waals surface area contributed by atoms with Crippen LogP contribution in [-0.4, -0.2) is 5.91 Å². The van der Waals surface area contributed by atoms with Crippen LogP contribution in [0.15, 0.2) is 46.9 Å². The predicted molar refractivity (Wildman–Crippen MR) is 86.0 cm³/mol. The van der Waals surface area contributed by atoms with Gasteiger partial charge in [0, 0.05) is 13.6 Å². The van der Waals surface area contributed by atoms with Gasteiger partial charge in [-0.05, 0) is 59.3 Å². The van der Waals surface area contributed by atoms with Crippen LogP contribution in [0.3, 0.4) is 0 Å². The number of aryl methyl sites for hydroxylation is 1. The van der Waals surface area contributed by atoms with Crippen LogP contribution in [-0.2, 0) is 0 Å². The SMILES string of the molecule is Cc1ccc(Br)cc1C(=O)Nc1ccccc1I. The van der Waals surface area contributed by atoms with Crippen molar-refractivity contribution in [2.45, 2.75) is 6.92 Å². The molecule has 92 valence electrons. The van der Waals surface area contributed by atoms with Gasteiger partial charge in [0.15, 0.2) is 0 Å². The van der Waals surface area contributed by atoms with Gasteiger partial charge in [0.05, 0.1) is 5.69 Å². The molecule has 2 rings (SSSR count). The van der Waals surface area contributed by atoms with Crippen LogP contribution >= 0.6 is 38.5 Å². The molecule has 0 aromatic heterocycles. The van der Waals surface area contributed by atoms with Crippen molar-refractivity contribution in [3.63, 3.8) is 0 Å². The van der Waals surface area contributed by atoms with Gasteiger partial charge in [-0.2, -0.15) is 0 Å². The van der Waals surface area contributed by atoms with E-state index in [-0.39, 0.29) is 5.91 Å². The predicted octanol–water partition coefficient (Wildman–Crippen LogP) is 4.61. The Labute approximate surface area is 128 Å². The first-order valence-electron chi connectivity index (χ1n) is 5.40. The molecule has 0 fully saturated rings. The highest BCUT2D eigenvalue weighted by molar-refractivity contribution is 14.1. The van der Waals surface area contributed by atoms with E-state index in [2.05, 4.69) is 43.8 Å². The molecule has 4 heteroatoms. The van der Waals surface area contributed by atoms with E-state index in [1.54, 1.807) is 0 Å². The van der Waals surface area contributed by atoms with Crippen molar-refractivity contribution in [3.05, 3.63) is 61.6 Å². The van der Waals surface area contributed by atoms with Crippen molar-refractivity contribution in [1.29, 1.82) is 0 Å². The Morgan fingerprint density at radius 2 is 1.94 bits per heavy atom. The Kier molecular flexibility index (Phi) is 4.40. The molecule has 0 unspecified atom stereocenters. The summed E-state index contributed by atoms with van der Waals surface area (Å²) in [6.45, 7) is 1.93. The van der Waals surface area contributed by atoms with E-state index >= 15 is 0 Å². The average Bonchev–Trinajstić information content (AvgIpc) is 2.35. The molecule has 2 aromatic carbocycles. The largest absolute Gasteiger partial charge is 0.321 e. The smallest absolute Gasteiger partial charge is 0.255 e. The standard InChI is InChI=1S/C14H11BrINO/c1-9-6-7-10(15)8-11(9)14(18)17-13-5-3-2-4-12(13)16/h2-8H,1H3,(H,17,18). The lowest BCUT2D eigenvalue weighted by atomic mass is 10.1. The molecular weight excluding hydrogens is 405 g/mol. The number of anilines is 1. The van der Waals surface area contributed by atoms with E-state index in [1.807, 2.05) is 49.4 Å². The monoisotopic (exact) mass is 415 g/mol. The van der Waals surface area contributed by atoms with Crippen LogP contribution in [0.4, 0.5) is 5.69 Å². The van der Waals surface area contributed by atoms with Gasteiger partial charge >= 0.3 is 0 Å². The third-order valence-electron chi connectivity index (χ3n) is 2.57. The number of carbonyl (C=O) groups excluding carboxylic acids is 1. The molecule has 1 amide bonds. The first-order valence-corrected chi connectivity index (χ1v) is 7.27. The molecule has 0 bridgehead atoms. The molecule has 0 radical (unpaired) electrons. The molecule has 1 N–H and O–H groups in total. The average molecular weight is 416 g/mol. The van der Waals surface area contributed by atoms with E-state index in [1.165, 1.54) is 0 Å². The quantitative estimate of drug-likeness (QED) is 0.712. The number of carbonyl (C=O) groups is 1. The molecular formula is C14H11BrINO. The number of halogens is 2. The summed E-state index contributed by atoms with van der Waals surface area (Å²) < 4.78 is 1.93. The lowest BCUT2D eigenvalue weighted by Gasteiger charge is -2.09. The fraction of sp³-hybridized carbons (Fsp3) is 0.0714. The fourth-order valence-electron chi connectivity index (χ4n) is 1.59. The lowest BCUT2D eigenvalue weighted by Crippen LogP contribution is -2.14. The highest BCUT2D eigenvalue weighted by Gasteiger charge is 2.10. The highest BCUT2D eigenvalue weighted by Crippen LogP contribution is 2.20. The second kappa shape index (κ2) is 5.84. The summed E-state index contributed by atoms with van der Waals surface area (Å²) >= 11 is 5.59. The summed E-state index contributed by atoms with van der Waals surface area (Å²) in [5.74, 6) is -0.0853. The lowest BCUT2D eigenvalue weighted by molar-refractivity contribution is 0.102. The number of rotatable bonds is 2. The molecule has 2 aromatic rings. The van der Waals surface area contributed by atoms with Crippen LogP contribution in [0.5, 0.6) is 0 Å². The van der Waals surface area contributed by atoms with Crippen LogP contribution < -0.4 is 5.32 Å². The normalized spacial score (nSPS) is 10.2. The fourth-order valence-corrected chi connectivity index (χ4v) is 2.47. The Balaban J connectivity index is 2.28. The topological polar surface area (TPSA) is 29.1 Å². The second-order valence-corrected chi connectivity index (χ2v) is 5.97. The molecule has 18 heavy (non-hydrogen) atoms. The van der Waals surface area contributed by atoms with Gasteiger partial charge in [-0.3, -0.25) is 4.79 Å². The number of nitrogens with one attached hydrogen (secondary N) is 1. The summed E-state index contributed by atoms with van der Waals surface area (Å²) in [4.78, 5) is 12.2. The zero-order chi connectivity index (χ0) is 13.1. The Morgan fingerprint density at radius 3 is 2.67 bits per heavy atom. The second-order valence-electron chi connectivity index (χ2n) is 3.89. The Hall–Kier alpha value is -0.880. The van der Waals surface area contributed by atoms with Gasteiger partial charge in [0.25, 0.3) is 5.91 Å². The third kappa shape index (κ3) is 3.11. The number of hydrogen-bond donors (Lipinski definition) is 1. The minimum atomic E-state index is -0.0853. The van der Waals surface area contributed by atoms with Crippen molar-refractivity contribution in [1.82, 2.24) is 0 Å². The van der Waals surface area contributed by atoms with E-state index in [9.17, 15) is 4.79 Å². The van der Waals surface area contributed by atoms with Crippen LogP contribution in [0.25, 0.3) is 0 Å². The van der Waals surface area contributed by atoms with Gasteiger partial charge in [0.2, 0.25) is 0 Å². The number of para-hydroxylation sites is 1. The van der Waals surface area contributed by atoms with Crippen molar-refractivity contribution < 1.29 is 4.79 Å². The molecule has 0 heterocycles. The van der Waals surface area contributed by atoms with Gasteiger partial charge in [-0.1, -0.05) is 34.1 Å². The van der Waals surface area contributed by atoms with Crippen molar-refractivity contribution in [3.8, 4) is 0 Å². The number of amides is 1. The highest BCUT2D eigenvalue weighted by atomic mass is 127. The number of benzene rings is 2. The molecule has 0 aliphatic rings. The van der Waals surface area contributed by atoms with Gasteiger partial charge < -0.3 is 5.32 Å². The van der Waals surface area contributed by atoms with Crippen molar-refractivity contribution in [2.24, 2.45) is 0 Å². The maximum Gasteiger partial charge on any atom is 0.255 e. The Morgan fingerprint density at radius 1 is 1.22 bits per heavy atom. The molecule has 0 aliphatic carbocycles. The van der Waals surface area contributed by atoms with Gasteiger partial charge in [-0.25, -0.2) is 0 Å². The van der Waals surface area contributed by atoms with E-state index in [4.69, 9.17) is 0 Å². The molecule has 0 spiro atoms. The van der Waals surface area contributed by atoms with Crippen molar-refractivity contribution in [2.75, 3.05) is 5.32 Å². The summed E-state index contributed by atoms with van der Waals surface area (Å²) in [6.07, 6.45) is 0. The molecule has 0 aliphatic heterocycles. The zero-order valence-corrected chi connectivity index (χ0v) is 13.4. The van der Waals surface area contributed by atoms with Crippen LogP contribution in [0.2, 0.25) is 0 Å². The minimum Gasteiger partial charge on any atom is -0.321 e. The van der Waals surface area contributed by atoms with E-state index < -0.39 is 0 Å². The van der Waals surface area contributed by atoms with Crippen molar-refractivity contribution >= 4 is 50.1 Å². The maximum atomic E-state index is 12.2.